The van der Waals surface area contributed by atoms with Gasteiger partial charge in [0.1, 0.15) is 5.76 Å². The summed E-state index contributed by atoms with van der Waals surface area (Å²) in [6.07, 6.45) is 4.05. The van der Waals surface area contributed by atoms with Crippen molar-refractivity contribution in [3.05, 3.63) is 17.8 Å². The van der Waals surface area contributed by atoms with Crippen molar-refractivity contribution in [2.75, 3.05) is 6.54 Å². The van der Waals surface area contributed by atoms with Gasteiger partial charge in [-0.25, -0.2) is 4.98 Å². The first-order chi connectivity index (χ1) is 7.90. The Hall–Kier alpha value is -0.830. The number of oxazole rings is 1. The second kappa shape index (κ2) is 6.20. The quantitative estimate of drug-likeness (QED) is 0.825. The van der Waals surface area contributed by atoms with Crippen LogP contribution in [0.15, 0.2) is 10.6 Å². The lowest BCUT2D eigenvalue weighted by Crippen LogP contribution is -2.12. The molecular weight excluding hydrogens is 212 g/mol. The number of rotatable bonds is 6. The van der Waals surface area contributed by atoms with Gasteiger partial charge in [0, 0.05) is 6.42 Å². The van der Waals surface area contributed by atoms with Crippen LogP contribution >= 0.6 is 0 Å². The lowest BCUT2D eigenvalue weighted by molar-refractivity contribution is 0.293. The molecule has 1 heterocycles. The summed E-state index contributed by atoms with van der Waals surface area (Å²) < 4.78 is 5.70. The molecule has 0 saturated carbocycles. The van der Waals surface area contributed by atoms with Gasteiger partial charge >= 0.3 is 0 Å². The zero-order valence-corrected chi connectivity index (χ0v) is 11.8. The highest BCUT2D eigenvalue weighted by molar-refractivity contribution is 4.95. The summed E-state index contributed by atoms with van der Waals surface area (Å²) in [6.45, 7) is 12.9. The Morgan fingerprint density at radius 2 is 2.12 bits per heavy atom. The topological polar surface area (TPSA) is 38.1 Å². The van der Waals surface area contributed by atoms with Gasteiger partial charge in [0.15, 0.2) is 0 Å². The minimum Gasteiger partial charge on any atom is -0.444 e. The second-order valence-corrected chi connectivity index (χ2v) is 6.07. The van der Waals surface area contributed by atoms with E-state index >= 15 is 0 Å². The van der Waals surface area contributed by atoms with E-state index in [0.717, 1.165) is 31.2 Å². The Balaban J connectivity index is 2.43. The molecule has 0 aliphatic carbocycles. The highest BCUT2D eigenvalue weighted by Gasteiger charge is 2.17. The van der Waals surface area contributed by atoms with Gasteiger partial charge in [-0.05, 0) is 24.3 Å². The molecule has 1 N–H and O–H groups in total. The fourth-order valence-electron chi connectivity index (χ4n) is 2.22. The molecule has 1 rings (SSSR count). The van der Waals surface area contributed by atoms with Crippen LogP contribution in [0.4, 0.5) is 0 Å². The molecule has 0 aliphatic rings. The summed E-state index contributed by atoms with van der Waals surface area (Å²) in [5, 5.41) is 3.21. The van der Waals surface area contributed by atoms with Crippen molar-refractivity contribution in [3.63, 3.8) is 0 Å². The highest BCUT2D eigenvalue weighted by atomic mass is 16.4. The first kappa shape index (κ1) is 14.2. The van der Waals surface area contributed by atoms with Crippen molar-refractivity contribution in [1.82, 2.24) is 10.3 Å². The van der Waals surface area contributed by atoms with Gasteiger partial charge in [-0.15, -0.1) is 0 Å². The van der Waals surface area contributed by atoms with Gasteiger partial charge in [0.25, 0.3) is 0 Å². The summed E-state index contributed by atoms with van der Waals surface area (Å²) in [5.41, 5.74) is 0.381. The molecule has 0 aliphatic heterocycles. The van der Waals surface area contributed by atoms with Crippen LogP contribution in [0.2, 0.25) is 0 Å². The number of nitrogens with one attached hydrogen (secondary N) is 1. The first-order valence-electron chi connectivity index (χ1n) is 6.55. The minimum atomic E-state index is 0.381. The molecule has 1 aromatic heterocycles. The summed E-state index contributed by atoms with van der Waals surface area (Å²) in [5.74, 6) is 2.44. The predicted octanol–water partition coefficient (Wildman–Crippen LogP) is 3.40. The van der Waals surface area contributed by atoms with Gasteiger partial charge in [-0.2, -0.15) is 0 Å². The molecule has 0 amide bonds. The van der Waals surface area contributed by atoms with Gasteiger partial charge < -0.3 is 9.73 Å². The summed E-state index contributed by atoms with van der Waals surface area (Å²) in [4.78, 5) is 4.27. The van der Waals surface area contributed by atoms with E-state index < -0.39 is 0 Å². The van der Waals surface area contributed by atoms with E-state index in [1.54, 1.807) is 0 Å². The molecule has 0 bridgehead atoms. The monoisotopic (exact) mass is 238 g/mol. The average Bonchev–Trinajstić information content (AvgIpc) is 2.59. The van der Waals surface area contributed by atoms with Crippen molar-refractivity contribution in [1.29, 1.82) is 0 Å². The van der Waals surface area contributed by atoms with Crippen LogP contribution in [0.5, 0.6) is 0 Å². The Morgan fingerprint density at radius 3 is 2.71 bits per heavy atom. The van der Waals surface area contributed by atoms with Gasteiger partial charge in [0.05, 0.1) is 12.7 Å². The van der Waals surface area contributed by atoms with E-state index in [1.165, 1.54) is 6.42 Å². The van der Waals surface area contributed by atoms with Crippen molar-refractivity contribution >= 4 is 0 Å². The van der Waals surface area contributed by atoms with Crippen LogP contribution in [0.25, 0.3) is 0 Å². The third-order valence-corrected chi connectivity index (χ3v) is 2.64. The number of hydrogen-bond donors (Lipinski definition) is 1. The normalized spacial score (nSPS) is 13.9. The Morgan fingerprint density at radius 1 is 1.41 bits per heavy atom. The molecule has 3 heteroatoms. The molecule has 1 unspecified atom stereocenters. The summed E-state index contributed by atoms with van der Waals surface area (Å²) >= 11 is 0. The van der Waals surface area contributed by atoms with Crippen molar-refractivity contribution in [3.8, 4) is 0 Å². The van der Waals surface area contributed by atoms with Crippen LogP contribution in [-0.2, 0) is 13.0 Å². The van der Waals surface area contributed by atoms with Crippen LogP contribution in [0.3, 0.4) is 0 Å². The lowest BCUT2D eigenvalue weighted by atomic mass is 9.84. The van der Waals surface area contributed by atoms with Crippen molar-refractivity contribution < 1.29 is 4.42 Å². The van der Waals surface area contributed by atoms with Crippen molar-refractivity contribution in [2.45, 2.75) is 54.0 Å². The number of hydrogen-bond acceptors (Lipinski definition) is 3. The predicted molar refractivity (Wildman–Crippen MR) is 70.8 cm³/mol. The van der Waals surface area contributed by atoms with Crippen LogP contribution in [0, 0.1) is 11.3 Å². The zero-order valence-electron chi connectivity index (χ0n) is 11.8. The van der Waals surface area contributed by atoms with E-state index in [1.807, 2.05) is 6.20 Å². The highest BCUT2D eigenvalue weighted by Crippen LogP contribution is 2.26. The molecule has 17 heavy (non-hydrogen) atoms. The van der Waals surface area contributed by atoms with E-state index in [0.29, 0.717) is 11.3 Å². The Bertz CT molecular complexity index is 325. The van der Waals surface area contributed by atoms with E-state index in [9.17, 15) is 0 Å². The van der Waals surface area contributed by atoms with Gasteiger partial charge in [0.2, 0.25) is 5.89 Å². The molecule has 0 radical (unpaired) electrons. The molecule has 3 nitrogen and oxygen atoms in total. The fraction of sp³-hybridized carbons (Fsp3) is 0.786. The lowest BCUT2D eigenvalue weighted by Gasteiger charge is -2.22. The third kappa shape index (κ3) is 5.87. The van der Waals surface area contributed by atoms with Crippen LogP contribution in [-0.4, -0.2) is 11.5 Å². The van der Waals surface area contributed by atoms with Crippen LogP contribution < -0.4 is 5.32 Å². The maximum atomic E-state index is 5.70. The summed E-state index contributed by atoms with van der Waals surface area (Å²) in [6, 6.07) is 0. The zero-order chi connectivity index (χ0) is 12.9. The maximum absolute atomic E-state index is 5.70. The summed E-state index contributed by atoms with van der Waals surface area (Å²) in [7, 11) is 0. The minimum absolute atomic E-state index is 0.381. The van der Waals surface area contributed by atoms with E-state index in [2.05, 4.69) is 44.9 Å². The van der Waals surface area contributed by atoms with E-state index in [4.69, 9.17) is 4.42 Å². The SMILES string of the molecule is CCNCc1ncc(CC(C)CC(C)(C)C)o1. The smallest absolute Gasteiger partial charge is 0.208 e. The Labute approximate surface area is 105 Å². The maximum Gasteiger partial charge on any atom is 0.208 e. The average molecular weight is 238 g/mol. The number of aromatic nitrogens is 1. The molecule has 98 valence electrons. The van der Waals surface area contributed by atoms with Crippen LogP contribution in [0.1, 0.15) is 52.7 Å². The molecule has 1 atom stereocenters. The molecule has 0 fully saturated rings. The third-order valence-electron chi connectivity index (χ3n) is 2.64. The molecule has 1 aromatic rings. The first-order valence-corrected chi connectivity index (χ1v) is 6.55. The van der Waals surface area contributed by atoms with Gasteiger partial charge in [-0.3, -0.25) is 0 Å². The van der Waals surface area contributed by atoms with E-state index in [-0.39, 0.29) is 0 Å². The standard InChI is InChI=1S/C14H26N2O/c1-6-15-10-13-16-9-12(17-13)7-11(2)8-14(3,4)5/h9,11,15H,6-8,10H2,1-5H3. The van der Waals surface area contributed by atoms with Crippen molar-refractivity contribution in [2.24, 2.45) is 11.3 Å². The Kier molecular flexibility index (Phi) is 5.19. The largest absolute Gasteiger partial charge is 0.444 e. The number of nitrogens with zero attached hydrogens (tertiary/aromatic N) is 1. The molecule has 0 spiro atoms. The second-order valence-electron chi connectivity index (χ2n) is 6.07. The molecule has 0 saturated heterocycles. The fourth-order valence-corrected chi connectivity index (χ4v) is 2.22. The van der Waals surface area contributed by atoms with Gasteiger partial charge in [-0.1, -0.05) is 34.6 Å². The molecule has 0 aromatic carbocycles. The molecular formula is C14H26N2O.